The number of nitrogens with two attached hydrogens (primary N) is 1. The highest BCUT2D eigenvalue weighted by Gasteiger charge is 2.20. The number of hydrogen-bond acceptors (Lipinski definition) is 2. The summed E-state index contributed by atoms with van der Waals surface area (Å²) >= 11 is 11.9. The predicted molar refractivity (Wildman–Crippen MR) is 83.1 cm³/mol. The lowest BCUT2D eigenvalue weighted by atomic mass is 10.0. The first-order valence-corrected chi connectivity index (χ1v) is 6.59. The highest BCUT2D eigenvalue weighted by molar-refractivity contribution is 6.35. The van der Waals surface area contributed by atoms with Gasteiger partial charge >= 0.3 is 0 Å². The monoisotopic (exact) mass is 324 g/mol. The quantitative estimate of drug-likeness (QED) is 0.889. The molecular weight excluding hydrogens is 307 g/mol. The molecule has 0 radical (unpaired) electrons. The van der Waals surface area contributed by atoms with E-state index in [-0.39, 0.29) is 30.3 Å². The molecule has 0 saturated carbocycles. The van der Waals surface area contributed by atoms with Gasteiger partial charge < -0.3 is 11.1 Å². The average molecular weight is 326 g/mol. The molecule has 0 bridgehead atoms. The average Bonchev–Trinajstić information content (AvgIpc) is 2.27. The van der Waals surface area contributed by atoms with Gasteiger partial charge in [0.2, 0.25) is 5.91 Å². The van der Waals surface area contributed by atoms with Crippen LogP contribution in [0.25, 0.3) is 0 Å². The van der Waals surface area contributed by atoms with Gasteiger partial charge in [-0.2, -0.15) is 0 Å². The minimum atomic E-state index is -0.515. The molecule has 0 fully saturated rings. The van der Waals surface area contributed by atoms with E-state index in [0.29, 0.717) is 10.0 Å². The van der Waals surface area contributed by atoms with Crippen molar-refractivity contribution < 1.29 is 4.79 Å². The van der Waals surface area contributed by atoms with Crippen LogP contribution in [0.1, 0.15) is 32.4 Å². The Labute approximate surface area is 130 Å². The summed E-state index contributed by atoms with van der Waals surface area (Å²) in [5.41, 5.74) is 6.61. The maximum Gasteiger partial charge on any atom is 0.237 e. The molecule has 0 spiro atoms. The summed E-state index contributed by atoms with van der Waals surface area (Å²) in [7, 11) is 0. The van der Waals surface area contributed by atoms with Crippen molar-refractivity contribution in [3.05, 3.63) is 33.8 Å². The topological polar surface area (TPSA) is 55.1 Å². The summed E-state index contributed by atoms with van der Waals surface area (Å²) in [6, 6.07) is 4.49. The van der Waals surface area contributed by atoms with Crippen LogP contribution in [0.15, 0.2) is 18.2 Å². The molecule has 3 N–H and O–H groups in total. The highest BCUT2D eigenvalue weighted by Crippen LogP contribution is 2.26. The van der Waals surface area contributed by atoms with Crippen molar-refractivity contribution in [2.45, 2.75) is 32.9 Å². The molecule has 1 amide bonds. The zero-order valence-corrected chi connectivity index (χ0v) is 13.4. The number of halogens is 3. The second-order valence-electron chi connectivity index (χ2n) is 4.67. The summed E-state index contributed by atoms with van der Waals surface area (Å²) in [4.78, 5) is 11.8. The van der Waals surface area contributed by atoms with Crippen molar-refractivity contribution in [3.8, 4) is 0 Å². The van der Waals surface area contributed by atoms with E-state index in [1.54, 1.807) is 18.2 Å². The van der Waals surface area contributed by atoms with E-state index in [1.165, 1.54) is 0 Å². The van der Waals surface area contributed by atoms with E-state index in [1.807, 2.05) is 20.8 Å². The van der Waals surface area contributed by atoms with Gasteiger partial charge in [-0.3, -0.25) is 4.79 Å². The van der Waals surface area contributed by atoms with E-state index in [9.17, 15) is 4.79 Å². The second kappa shape index (κ2) is 7.95. The van der Waals surface area contributed by atoms with Gasteiger partial charge in [-0.05, 0) is 30.5 Å². The first-order chi connectivity index (χ1) is 8.32. The fourth-order valence-electron chi connectivity index (χ4n) is 1.54. The number of carbonyl (C=O) groups excluding carboxylic acids is 1. The Hall–Kier alpha value is -0.480. The molecule has 108 valence electrons. The number of rotatable bonds is 4. The van der Waals surface area contributed by atoms with E-state index in [4.69, 9.17) is 28.9 Å². The maximum absolute atomic E-state index is 11.8. The third-order valence-electron chi connectivity index (χ3n) is 2.81. The lowest BCUT2D eigenvalue weighted by molar-refractivity contribution is -0.123. The van der Waals surface area contributed by atoms with E-state index in [0.717, 1.165) is 5.56 Å². The zero-order valence-electron chi connectivity index (χ0n) is 11.1. The molecule has 0 aromatic heterocycles. The third-order valence-corrected chi connectivity index (χ3v) is 3.37. The van der Waals surface area contributed by atoms with Crippen LogP contribution in [-0.4, -0.2) is 11.9 Å². The minimum absolute atomic E-state index is 0. The Morgan fingerprint density at radius 2 is 1.84 bits per heavy atom. The van der Waals surface area contributed by atoms with Crippen molar-refractivity contribution in [1.82, 2.24) is 5.32 Å². The molecule has 0 aliphatic rings. The molecule has 0 saturated heterocycles. The summed E-state index contributed by atoms with van der Waals surface area (Å²) in [6.07, 6.45) is 0. The number of nitrogens with one attached hydrogen (secondary N) is 1. The van der Waals surface area contributed by atoms with Crippen LogP contribution in [0.2, 0.25) is 10.0 Å². The van der Waals surface area contributed by atoms with Crippen LogP contribution < -0.4 is 11.1 Å². The van der Waals surface area contributed by atoms with Crippen molar-refractivity contribution in [2.75, 3.05) is 0 Å². The van der Waals surface area contributed by atoms with Crippen LogP contribution in [0.3, 0.4) is 0 Å². The van der Waals surface area contributed by atoms with Crippen molar-refractivity contribution >= 4 is 41.5 Å². The van der Waals surface area contributed by atoms with Crippen molar-refractivity contribution in [3.63, 3.8) is 0 Å². The van der Waals surface area contributed by atoms with Gasteiger partial charge in [0.05, 0.1) is 12.1 Å². The molecule has 0 aliphatic heterocycles. The second-order valence-corrected chi connectivity index (χ2v) is 5.51. The van der Waals surface area contributed by atoms with Crippen LogP contribution in [0.4, 0.5) is 0 Å². The summed E-state index contributed by atoms with van der Waals surface area (Å²) in [5.74, 6) is -0.0820. The van der Waals surface area contributed by atoms with Gasteiger partial charge in [0.15, 0.2) is 0 Å². The third kappa shape index (κ3) is 5.19. The molecule has 3 nitrogen and oxygen atoms in total. The van der Waals surface area contributed by atoms with Gasteiger partial charge in [-0.25, -0.2) is 0 Å². The molecule has 2 atom stereocenters. The van der Waals surface area contributed by atoms with Gasteiger partial charge in [-0.1, -0.05) is 43.1 Å². The fraction of sp³-hybridized carbons (Fsp3) is 0.462. The molecule has 1 aromatic rings. The van der Waals surface area contributed by atoms with Crippen molar-refractivity contribution in [2.24, 2.45) is 11.7 Å². The molecule has 19 heavy (non-hydrogen) atoms. The Kier molecular flexibility index (Phi) is 7.75. The van der Waals surface area contributed by atoms with E-state index >= 15 is 0 Å². The minimum Gasteiger partial charge on any atom is -0.348 e. The maximum atomic E-state index is 11.8. The van der Waals surface area contributed by atoms with E-state index in [2.05, 4.69) is 5.32 Å². The molecule has 0 aliphatic carbocycles. The van der Waals surface area contributed by atoms with Crippen LogP contribution in [0, 0.1) is 5.92 Å². The lowest BCUT2D eigenvalue weighted by Crippen LogP contribution is -2.44. The van der Waals surface area contributed by atoms with Gasteiger partial charge in [-0.15, -0.1) is 12.4 Å². The Morgan fingerprint density at radius 1 is 1.26 bits per heavy atom. The number of carbonyl (C=O) groups is 1. The Bertz CT molecular complexity index is 438. The molecule has 1 rings (SSSR count). The van der Waals surface area contributed by atoms with E-state index < -0.39 is 6.04 Å². The summed E-state index contributed by atoms with van der Waals surface area (Å²) in [6.45, 7) is 5.68. The molecule has 1 unspecified atom stereocenters. The Morgan fingerprint density at radius 3 is 2.32 bits per heavy atom. The van der Waals surface area contributed by atoms with Gasteiger partial charge in [0.1, 0.15) is 0 Å². The summed E-state index contributed by atoms with van der Waals surface area (Å²) in [5, 5.41) is 3.95. The highest BCUT2D eigenvalue weighted by atomic mass is 35.5. The smallest absolute Gasteiger partial charge is 0.237 e. The first kappa shape index (κ1) is 18.5. The zero-order chi connectivity index (χ0) is 13.9. The lowest BCUT2D eigenvalue weighted by Gasteiger charge is -2.20. The number of hydrogen-bond donors (Lipinski definition) is 2. The Balaban J connectivity index is 0.00000324. The number of amides is 1. The fourth-order valence-corrected chi connectivity index (χ4v) is 2.11. The first-order valence-electron chi connectivity index (χ1n) is 5.83. The van der Waals surface area contributed by atoms with Crippen LogP contribution in [0.5, 0.6) is 0 Å². The largest absolute Gasteiger partial charge is 0.348 e. The molecule has 0 heterocycles. The van der Waals surface area contributed by atoms with Crippen molar-refractivity contribution in [1.29, 1.82) is 0 Å². The van der Waals surface area contributed by atoms with Gasteiger partial charge in [0.25, 0.3) is 0 Å². The van der Waals surface area contributed by atoms with Crippen LogP contribution in [-0.2, 0) is 4.79 Å². The summed E-state index contributed by atoms with van der Waals surface area (Å²) < 4.78 is 0. The number of benzene rings is 1. The molecular formula is C13H19Cl3N2O. The standard InChI is InChI=1S/C13H18Cl2N2O.ClH/c1-7(2)12(16)13(18)17-8(3)10-5-4-9(14)6-11(10)15;/h4-8,12H,16H2,1-3H3,(H,17,18);1H/t8?,12-;/m1./s1. The van der Waals surface area contributed by atoms with Crippen LogP contribution >= 0.6 is 35.6 Å². The molecule has 1 aromatic carbocycles. The normalized spacial score (nSPS) is 13.6. The predicted octanol–water partition coefficient (Wildman–Crippen LogP) is 3.58. The molecule has 6 heteroatoms. The SMILES string of the molecule is CC(NC(=O)[C@H](N)C(C)C)c1ccc(Cl)cc1Cl.Cl. The van der Waals surface area contributed by atoms with Gasteiger partial charge in [0, 0.05) is 10.0 Å².